The fraction of sp³-hybridized carbons (Fsp3) is 0.333. The Labute approximate surface area is 121 Å². The van der Waals surface area contributed by atoms with Crippen LogP contribution in [-0.4, -0.2) is 40.2 Å². The summed E-state index contributed by atoms with van der Waals surface area (Å²) in [6.07, 6.45) is -0.0491. The number of H-pyrrole nitrogens is 1. The molecule has 1 aliphatic rings. The van der Waals surface area contributed by atoms with Gasteiger partial charge in [0.25, 0.3) is 5.91 Å². The zero-order valence-corrected chi connectivity index (χ0v) is 11.9. The molecule has 1 fully saturated rings. The minimum absolute atomic E-state index is 0.0299. The van der Waals surface area contributed by atoms with Gasteiger partial charge in [-0.05, 0) is 38.1 Å². The summed E-state index contributed by atoms with van der Waals surface area (Å²) in [5.74, 6) is 0.292. The molecular weight excluding hydrogens is 273 g/mol. The van der Waals surface area contributed by atoms with Gasteiger partial charge in [0.2, 0.25) is 0 Å². The van der Waals surface area contributed by atoms with E-state index in [4.69, 9.17) is 4.74 Å². The summed E-state index contributed by atoms with van der Waals surface area (Å²) in [6.45, 7) is 4.70. The van der Waals surface area contributed by atoms with Crippen LogP contribution < -0.4 is 4.74 Å². The summed E-state index contributed by atoms with van der Waals surface area (Å²) >= 11 is 0. The van der Waals surface area contributed by atoms with Crippen molar-refractivity contribution >= 4 is 5.91 Å². The van der Waals surface area contributed by atoms with Gasteiger partial charge in [-0.1, -0.05) is 0 Å². The predicted octanol–water partition coefficient (Wildman–Crippen LogP) is 2.07. The molecule has 0 bridgehead atoms. The lowest BCUT2D eigenvalue weighted by atomic mass is 10.1. The highest BCUT2D eigenvalue weighted by molar-refractivity contribution is 5.96. The van der Waals surface area contributed by atoms with Gasteiger partial charge in [0.1, 0.15) is 17.7 Å². The lowest BCUT2D eigenvalue weighted by molar-refractivity contribution is 0.0176. The molecular formula is C15H16FN3O2. The molecule has 0 atom stereocenters. The van der Waals surface area contributed by atoms with E-state index in [1.165, 1.54) is 12.1 Å². The minimum atomic E-state index is -0.293. The average molecular weight is 289 g/mol. The van der Waals surface area contributed by atoms with Gasteiger partial charge >= 0.3 is 0 Å². The third-order valence-electron chi connectivity index (χ3n) is 3.59. The Morgan fingerprint density at radius 3 is 2.57 bits per heavy atom. The molecule has 1 aromatic carbocycles. The van der Waals surface area contributed by atoms with Crippen LogP contribution in [0.3, 0.4) is 0 Å². The number of hydrogen-bond acceptors (Lipinski definition) is 3. The molecule has 3 rings (SSSR count). The van der Waals surface area contributed by atoms with E-state index in [1.54, 1.807) is 17.0 Å². The van der Waals surface area contributed by atoms with Gasteiger partial charge in [0, 0.05) is 5.69 Å². The molecule has 0 saturated carbocycles. The maximum absolute atomic E-state index is 12.8. The molecule has 1 aromatic heterocycles. The molecule has 0 spiro atoms. The lowest BCUT2D eigenvalue weighted by Gasteiger charge is -2.39. The van der Waals surface area contributed by atoms with Crippen LogP contribution in [-0.2, 0) is 0 Å². The molecule has 6 heteroatoms. The molecule has 2 heterocycles. The normalized spacial score (nSPS) is 14.9. The van der Waals surface area contributed by atoms with E-state index < -0.39 is 0 Å². The maximum Gasteiger partial charge on any atom is 0.257 e. The van der Waals surface area contributed by atoms with Gasteiger partial charge in [0.15, 0.2) is 0 Å². The Balaban J connectivity index is 1.58. The number of nitrogens with one attached hydrogen (secondary N) is 1. The molecule has 1 N–H and O–H groups in total. The predicted molar refractivity (Wildman–Crippen MR) is 74.8 cm³/mol. The number of likely N-dealkylation sites (tertiary alicyclic amines) is 1. The first kappa shape index (κ1) is 13.6. The Kier molecular flexibility index (Phi) is 3.37. The van der Waals surface area contributed by atoms with Gasteiger partial charge in [-0.15, -0.1) is 0 Å². The van der Waals surface area contributed by atoms with E-state index in [-0.39, 0.29) is 17.8 Å². The van der Waals surface area contributed by atoms with Crippen molar-refractivity contribution in [3.8, 4) is 5.75 Å². The number of halogens is 1. The van der Waals surface area contributed by atoms with E-state index in [0.29, 0.717) is 30.1 Å². The Bertz CT molecular complexity index is 641. The summed E-state index contributed by atoms with van der Waals surface area (Å²) in [4.78, 5) is 14.1. The van der Waals surface area contributed by atoms with Crippen molar-refractivity contribution in [2.24, 2.45) is 0 Å². The van der Waals surface area contributed by atoms with Gasteiger partial charge in [0.05, 0.1) is 24.3 Å². The fourth-order valence-corrected chi connectivity index (χ4v) is 2.41. The number of aromatic nitrogens is 2. The Hall–Kier alpha value is -2.37. The molecule has 5 nitrogen and oxygen atoms in total. The molecule has 2 aromatic rings. The summed E-state index contributed by atoms with van der Waals surface area (Å²) in [7, 11) is 0. The van der Waals surface area contributed by atoms with Gasteiger partial charge in [-0.25, -0.2) is 4.39 Å². The quantitative estimate of drug-likeness (QED) is 0.941. The van der Waals surface area contributed by atoms with Crippen molar-refractivity contribution in [3.63, 3.8) is 0 Å². The number of ether oxygens (including phenoxy) is 1. The summed E-state index contributed by atoms with van der Waals surface area (Å²) in [5.41, 5.74) is 2.12. The summed E-state index contributed by atoms with van der Waals surface area (Å²) in [6, 6.07) is 5.89. The first-order valence-electron chi connectivity index (χ1n) is 6.77. The number of amides is 1. The van der Waals surface area contributed by atoms with Crippen molar-refractivity contribution in [2.45, 2.75) is 20.0 Å². The Morgan fingerprint density at radius 1 is 1.33 bits per heavy atom. The van der Waals surface area contributed by atoms with Crippen molar-refractivity contribution in [2.75, 3.05) is 13.1 Å². The van der Waals surface area contributed by atoms with Crippen LogP contribution in [0.2, 0.25) is 0 Å². The third-order valence-corrected chi connectivity index (χ3v) is 3.59. The number of aryl methyl sites for hydroxylation is 2. The van der Waals surface area contributed by atoms with Crippen molar-refractivity contribution in [1.82, 2.24) is 15.1 Å². The van der Waals surface area contributed by atoms with Crippen LogP contribution in [0, 0.1) is 19.7 Å². The molecule has 1 saturated heterocycles. The van der Waals surface area contributed by atoms with Gasteiger partial charge < -0.3 is 9.64 Å². The minimum Gasteiger partial charge on any atom is -0.487 e. The van der Waals surface area contributed by atoms with Crippen molar-refractivity contribution in [1.29, 1.82) is 0 Å². The first-order valence-corrected chi connectivity index (χ1v) is 6.77. The van der Waals surface area contributed by atoms with E-state index >= 15 is 0 Å². The molecule has 0 radical (unpaired) electrons. The van der Waals surface area contributed by atoms with Crippen LogP contribution in [0.5, 0.6) is 5.75 Å². The van der Waals surface area contributed by atoms with Crippen LogP contribution in [0.25, 0.3) is 0 Å². The number of carbonyl (C=O) groups excluding carboxylic acids is 1. The van der Waals surface area contributed by atoms with E-state index in [0.717, 1.165) is 5.69 Å². The van der Waals surface area contributed by atoms with E-state index in [2.05, 4.69) is 10.2 Å². The molecule has 1 aliphatic heterocycles. The topological polar surface area (TPSA) is 58.2 Å². The van der Waals surface area contributed by atoms with Gasteiger partial charge in [-0.2, -0.15) is 5.10 Å². The average Bonchev–Trinajstić information content (AvgIpc) is 2.74. The summed E-state index contributed by atoms with van der Waals surface area (Å²) in [5, 5.41) is 6.85. The lowest BCUT2D eigenvalue weighted by Crippen LogP contribution is -2.56. The number of hydrogen-bond donors (Lipinski definition) is 1. The Morgan fingerprint density at radius 2 is 2.00 bits per heavy atom. The number of rotatable bonds is 3. The first-order chi connectivity index (χ1) is 10.0. The molecule has 0 aliphatic carbocycles. The second-order valence-corrected chi connectivity index (χ2v) is 5.21. The SMILES string of the molecule is Cc1n[nH]c(C)c1C(=O)N1CC(Oc2ccc(F)cc2)C1. The number of aromatic amines is 1. The second kappa shape index (κ2) is 5.20. The van der Waals surface area contributed by atoms with E-state index in [9.17, 15) is 9.18 Å². The van der Waals surface area contributed by atoms with Crippen molar-refractivity contribution < 1.29 is 13.9 Å². The maximum atomic E-state index is 12.8. The van der Waals surface area contributed by atoms with Crippen LogP contribution in [0.4, 0.5) is 4.39 Å². The summed E-state index contributed by atoms with van der Waals surface area (Å²) < 4.78 is 18.5. The largest absolute Gasteiger partial charge is 0.487 e. The third kappa shape index (κ3) is 2.61. The zero-order valence-electron chi connectivity index (χ0n) is 11.9. The zero-order chi connectivity index (χ0) is 15.0. The molecule has 1 amide bonds. The van der Waals surface area contributed by atoms with Crippen LogP contribution in [0.15, 0.2) is 24.3 Å². The van der Waals surface area contributed by atoms with Crippen LogP contribution >= 0.6 is 0 Å². The number of carbonyl (C=O) groups is 1. The van der Waals surface area contributed by atoms with Crippen molar-refractivity contribution in [3.05, 3.63) is 47.0 Å². The fourth-order valence-electron chi connectivity index (χ4n) is 2.41. The highest BCUT2D eigenvalue weighted by Crippen LogP contribution is 2.21. The van der Waals surface area contributed by atoms with Gasteiger partial charge in [-0.3, -0.25) is 9.89 Å². The smallest absolute Gasteiger partial charge is 0.257 e. The van der Waals surface area contributed by atoms with Crippen LogP contribution in [0.1, 0.15) is 21.7 Å². The molecule has 0 unspecified atom stereocenters. The van der Waals surface area contributed by atoms with E-state index in [1.807, 2.05) is 13.8 Å². The standard InChI is InChI=1S/C15H16FN3O2/c1-9-14(10(2)18-17-9)15(20)19-7-13(8-19)21-12-5-3-11(16)4-6-12/h3-6,13H,7-8H2,1-2H3,(H,17,18). The monoisotopic (exact) mass is 289 g/mol. The molecule has 110 valence electrons. The second-order valence-electron chi connectivity index (χ2n) is 5.21. The molecule has 21 heavy (non-hydrogen) atoms. The highest BCUT2D eigenvalue weighted by atomic mass is 19.1. The highest BCUT2D eigenvalue weighted by Gasteiger charge is 2.34. The number of nitrogens with zero attached hydrogens (tertiary/aromatic N) is 2. The number of benzene rings is 1.